The van der Waals surface area contributed by atoms with E-state index in [9.17, 15) is 4.79 Å². The molecule has 0 saturated carbocycles. The van der Waals surface area contributed by atoms with Crippen LogP contribution in [0.15, 0.2) is 35.5 Å². The SMILES string of the molecule is CC(C)OC(=O)C(/C=N\O)CCc1ccccc1. The molecule has 0 spiro atoms. The van der Waals surface area contributed by atoms with Crippen molar-refractivity contribution in [2.45, 2.75) is 32.8 Å². The summed E-state index contributed by atoms with van der Waals surface area (Å²) in [6.07, 6.45) is 2.38. The first kappa shape index (κ1) is 14.2. The average molecular weight is 249 g/mol. The smallest absolute Gasteiger partial charge is 0.314 e. The first-order valence-corrected chi connectivity index (χ1v) is 6.05. The second kappa shape index (κ2) is 7.48. The quantitative estimate of drug-likeness (QED) is 0.365. The van der Waals surface area contributed by atoms with Crippen molar-refractivity contribution < 1.29 is 14.7 Å². The van der Waals surface area contributed by atoms with Gasteiger partial charge in [-0.25, -0.2) is 0 Å². The highest BCUT2D eigenvalue weighted by Crippen LogP contribution is 2.11. The van der Waals surface area contributed by atoms with E-state index in [4.69, 9.17) is 9.94 Å². The number of aryl methyl sites for hydroxylation is 1. The van der Waals surface area contributed by atoms with Crippen molar-refractivity contribution >= 4 is 12.2 Å². The van der Waals surface area contributed by atoms with Crippen LogP contribution >= 0.6 is 0 Å². The van der Waals surface area contributed by atoms with Crippen LogP contribution in [0.25, 0.3) is 0 Å². The molecule has 1 aromatic carbocycles. The number of ether oxygens (including phenoxy) is 1. The molecule has 4 heteroatoms. The van der Waals surface area contributed by atoms with Crippen LogP contribution in [0.3, 0.4) is 0 Å². The van der Waals surface area contributed by atoms with E-state index in [0.717, 1.165) is 12.0 Å². The highest BCUT2D eigenvalue weighted by atomic mass is 16.5. The van der Waals surface area contributed by atoms with Gasteiger partial charge in [0.25, 0.3) is 0 Å². The molecular formula is C14H19NO3. The van der Waals surface area contributed by atoms with Gasteiger partial charge in [-0.15, -0.1) is 5.16 Å². The third kappa shape index (κ3) is 4.99. The number of carbonyl (C=O) groups excluding carboxylic acids is 1. The summed E-state index contributed by atoms with van der Waals surface area (Å²) in [6, 6.07) is 9.86. The maximum absolute atomic E-state index is 11.7. The van der Waals surface area contributed by atoms with Crippen molar-refractivity contribution in [3.8, 4) is 0 Å². The summed E-state index contributed by atoms with van der Waals surface area (Å²) >= 11 is 0. The Morgan fingerprint density at radius 1 is 1.39 bits per heavy atom. The van der Waals surface area contributed by atoms with Gasteiger partial charge in [0.05, 0.1) is 18.2 Å². The molecule has 1 aromatic rings. The summed E-state index contributed by atoms with van der Waals surface area (Å²) < 4.78 is 5.11. The van der Waals surface area contributed by atoms with Crippen molar-refractivity contribution in [3.63, 3.8) is 0 Å². The van der Waals surface area contributed by atoms with E-state index in [1.54, 1.807) is 13.8 Å². The van der Waals surface area contributed by atoms with Crippen molar-refractivity contribution in [1.82, 2.24) is 0 Å². The van der Waals surface area contributed by atoms with E-state index in [-0.39, 0.29) is 12.1 Å². The molecular weight excluding hydrogens is 230 g/mol. The van der Waals surface area contributed by atoms with Crippen LogP contribution in [0, 0.1) is 5.92 Å². The van der Waals surface area contributed by atoms with Crippen LogP contribution in [0.2, 0.25) is 0 Å². The molecule has 98 valence electrons. The lowest BCUT2D eigenvalue weighted by Gasteiger charge is -2.13. The number of nitrogens with zero attached hydrogens (tertiary/aromatic N) is 1. The van der Waals surface area contributed by atoms with Crippen LogP contribution in [0.5, 0.6) is 0 Å². The van der Waals surface area contributed by atoms with Crippen LogP contribution in [-0.2, 0) is 16.0 Å². The fourth-order valence-electron chi connectivity index (χ4n) is 1.62. The van der Waals surface area contributed by atoms with E-state index in [1.807, 2.05) is 30.3 Å². The van der Waals surface area contributed by atoms with Gasteiger partial charge in [-0.1, -0.05) is 30.3 Å². The number of hydrogen-bond acceptors (Lipinski definition) is 4. The molecule has 4 nitrogen and oxygen atoms in total. The molecule has 1 rings (SSSR count). The van der Waals surface area contributed by atoms with E-state index < -0.39 is 5.92 Å². The zero-order valence-electron chi connectivity index (χ0n) is 10.7. The highest BCUT2D eigenvalue weighted by Gasteiger charge is 2.19. The fraction of sp³-hybridized carbons (Fsp3) is 0.429. The van der Waals surface area contributed by atoms with Crippen LogP contribution in [0.1, 0.15) is 25.8 Å². The molecule has 0 aliphatic rings. The summed E-state index contributed by atoms with van der Waals surface area (Å²) in [5, 5.41) is 11.5. The zero-order chi connectivity index (χ0) is 13.4. The van der Waals surface area contributed by atoms with Gasteiger partial charge in [0, 0.05) is 0 Å². The van der Waals surface area contributed by atoms with E-state index in [0.29, 0.717) is 6.42 Å². The molecule has 1 N–H and O–H groups in total. The zero-order valence-corrected chi connectivity index (χ0v) is 10.7. The average Bonchev–Trinajstić information content (AvgIpc) is 2.34. The largest absolute Gasteiger partial charge is 0.462 e. The van der Waals surface area contributed by atoms with Crippen LogP contribution in [0.4, 0.5) is 0 Å². The third-order valence-electron chi connectivity index (χ3n) is 2.49. The molecule has 0 aliphatic heterocycles. The number of hydrogen-bond donors (Lipinski definition) is 1. The van der Waals surface area contributed by atoms with Gasteiger partial charge in [0.2, 0.25) is 0 Å². The number of carbonyl (C=O) groups is 1. The Kier molecular flexibility index (Phi) is 5.91. The number of esters is 1. The summed E-state index contributed by atoms with van der Waals surface area (Å²) in [7, 11) is 0. The van der Waals surface area contributed by atoms with E-state index in [2.05, 4.69) is 5.16 Å². The summed E-state index contributed by atoms with van der Waals surface area (Å²) in [5.74, 6) is -0.851. The maximum Gasteiger partial charge on any atom is 0.314 e. The van der Waals surface area contributed by atoms with Crippen molar-refractivity contribution in [3.05, 3.63) is 35.9 Å². The van der Waals surface area contributed by atoms with Crippen LogP contribution in [-0.4, -0.2) is 23.5 Å². The second-order valence-electron chi connectivity index (χ2n) is 4.38. The summed E-state index contributed by atoms with van der Waals surface area (Å²) in [6.45, 7) is 3.59. The third-order valence-corrected chi connectivity index (χ3v) is 2.49. The first-order chi connectivity index (χ1) is 8.63. The lowest BCUT2D eigenvalue weighted by Crippen LogP contribution is -2.23. The molecule has 0 radical (unpaired) electrons. The highest BCUT2D eigenvalue weighted by molar-refractivity contribution is 5.89. The molecule has 1 atom stereocenters. The van der Waals surface area contributed by atoms with E-state index in [1.165, 1.54) is 6.21 Å². The Bertz CT molecular complexity index is 387. The Morgan fingerprint density at radius 3 is 2.61 bits per heavy atom. The summed E-state index contributed by atoms with van der Waals surface area (Å²) in [4.78, 5) is 11.7. The minimum absolute atomic E-state index is 0.163. The molecule has 0 aromatic heterocycles. The first-order valence-electron chi connectivity index (χ1n) is 6.05. The lowest BCUT2D eigenvalue weighted by molar-refractivity contribution is -0.149. The Balaban J connectivity index is 2.55. The number of rotatable bonds is 6. The van der Waals surface area contributed by atoms with Gasteiger partial charge in [0.15, 0.2) is 0 Å². The molecule has 1 unspecified atom stereocenters. The van der Waals surface area contributed by atoms with Gasteiger partial charge in [0.1, 0.15) is 0 Å². The second-order valence-corrected chi connectivity index (χ2v) is 4.38. The molecule has 0 amide bonds. The molecule has 0 bridgehead atoms. The number of oxime groups is 1. The van der Waals surface area contributed by atoms with Gasteiger partial charge in [-0.2, -0.15) is 0 Å². The van der Waals surface area contributed by atoms with Gasteiger partial charge < -0.3 is 9.94 Å². The lowest BCUT2D eigenvalue weighted by atomic mass is 10.0. The molecule has 18 heavy (non-hydrogen) atoms. The Labute approximate surface area is 107 Å². The minimum Gasteiger partial charge on any atom is -0.462 e. The standard InChI is InChI=1S/C14H19NO3/c1-11(2)18-14(16)13(10-15-17)9-8-12-6-4-3-5-7-12/h3-7,10-11,13,17H,8-9H2,1-2H3/b15-10-. The fourth-order valence-corrected chi connectivity index (χ4v) is 1.62. The van der Waals surface area contributed by atoms with Crippen molar-refractivity contribution in [2.24, 2.45) is 11.1 Å². The maximum atomic E-state index is 11.7. The van der Waals surface area contributed by atoms with Gasteiger partial charge >= 0.3 is 5.97 Å². The van der Waals surface area contributed by atoms with E-state index >= 15 is 0 Å². The van der Waals surface area contributed by atoms with Gasteiger partial charge in [-0.05, 0) is 32.3 Å². The Hall–Kier alpha value is -1.84. The molecule has 0 saturated heterocycles. The van der Waals surface area contributed by atoms with Gasteiger partial charge in [-0.3, -0.25) is 4.79 Å². The predicted molar refractivity (Wildman–Crippen MR) is 69.8 cm³/mol. The van der Waals surface area contributed by atoms with Crippen LogP contribution < -0.4 is 0 Å². The minimum atomic E-state index is -0.502. The normalized spacial score (nSPS) is 12.8. The monoisotopic (exact) mass is 249 g/mol. The number of benzene rings is 1. The topological polar surface area (TPSA) is 58.9 Å². The molecule has 0 fully saturated rings. The Morgan fingerprint density at radius 2 is 2.06 bits per heavy atom. The molecule has 0 heterocycles. The molecule has 0 aliphatic carbocycles. The predicted octanol–water partition coefficient (Wildman–Crippen LogP) is 2.65. The van der Waals surface area contributed by atoms with Crippen molar-refractivity contribution in [1.29, 1.82) is 0 Å². The van der Waals surface area contributed by atoms with Crippen molar-refractivity contribution in [2.75, 3.05) is 0 Å². The summed E-state index contributed by atoms with van der Waals surface area (Å²) in [5.41, 5.74) is 1.14.